The monoisotopic (exact) mass is 272 g/mol. The van der Waals surface area contributed by atoms with Gasteiger partial charge in [-0.15, -0.1) is 0 Å². The topological polar surface area (TPSA) is 47.9 Å². The number of benzene rings is 2. The third-order valence-corrected chi connectivity index (χ3v) is 3.18. The van der Waals surface area contributed by atoms with Gasteiger partial charge in [-0.25, -0.2) is 0 Å². The number of phenols is 1. The van der Waals surface area contributed by atoms with E-state index in [0.29, 0.717) is 20.0 Å². The minimum Gasteiger partial charge on any atom is -0.508 e. The zero-order chi connectivity index (χ0) is 13.8. The van der Waals surface area contributed by atoms with Crippen LogP contribution in [0, 0.1) is 0 Å². The smallest absolute Gasteiger partial charge is 0.231 e. The highest BCUT2D eigenvalue weighted by Crippen LogP contribution is 2.32. The normalized spacial score (nSPS) is 12.6. The molecule has 0 atom stereocenters. The Morgan fingerprint density at radius 2 is 1.70 bits per heavy atom. The van der Waals surface area contributed by atoms with Crippen LogP contribution >= 0.6 is 0 Å². The molecule has 0 amide bonds. The van der Waals surface area contributed by atoms with Crippen LogP contribution in [0.3, 0.4) is 0 Å². The van der Waals surface area contributed by atoms with Gasteiger partial charge in [-0.3, -0.25) is 0 Å². The summed E-state index contributed by atoms with van der Waals surface area (Å²) in [5.74, 6) is 1.86. The summed E-state index contributed by atoms with van der Waals surface area (Å²) >= 11 is 0. The Balaban J connectivity index is 1.47. The van der Waals surface area contributed by atoms with Crippen LogP contribution in [-0.4, -0.2) is 18.5 Å². The fraction of sp³-hybridized carbons (Fsp3) is 0.250. The van der Waals surface area contributed by atoms with E-state index >= 15 is 0 Å². The third kappa shape index (κ3) is 3.03. The Labute approximate surface area is 117 Å². The average Bonchev–Trinajstić information content (AvgIpc) is 2.93. The second-order valence-corrected chi connectivity index (χ2v) is 4.66. The molecule has 0 aliphatic carbocycles. The van der Waals surface area contributed by atoms with E-state index in [1.54, 1.807) is 12.1 Å². The first-order chi connectivity index (χ1) is 9.81. The molecule has 0 radical (unpaired) electrons. The highest BCUT2D eigenvalue weighted by atomic mass is 16.7. The zero-order valence-electron chi connectivity index (χ0n) is 11.0. The number of rotatable bonds is 5. The molecule has 2 aromatic carbocycles. The van der Waals surface area contributed by atoms with Crippen LogP contribution in [-0.2, 0) is 17.8 Å². The lowest BCUT2D eigenvalue weighted by Gasteiger charge is -2.06. The van der Waals surface area contributed by atoms with Crippen molar-refractivity contribution in [2.24, 2.45) is 0 Å². The fourth-order valence-electron chi connectivity index (χ4n) is 2.07. The van der Waals surface area contributed by atoms with E-state index in [1.807, 2.05) is 30.3 Å². The van der Waals surface area contributed by atoms with E-state index in [2.05, 4.69) is 0 Å². The molecule has 1 N–H and O–H groups in total. The van der Waals surface area contributed by atoms with Crippen molar-refractivity contribution in [1.29, 1.82) is 0 Å². The van der Waals surface area contributed by atoms with Gasteiger partial charge in [0.1, 0.15) is 5.75 Å². The standard InChI is InChI=1S/C16H16O4/c17-14-4-1-12(2-5-14)7-8-18-10-13-3-6-15-16(9-13)20-11-19-15/h1-6,9,17H,7-8,10-11H2. The van der Waals surface area contributed by atoms with E-state index < -0.39 is 0 Å². The van der Waals surface area contributed by atoms with Crippen molar-refractivity contribution in [3.63, 3.8) is 0 Å². The fourth-order valence-corrected chi connectivity index (χ4v) is 2.07. The first-order valence-corrected chi connectivity index (χ1v) is 6.55. The lowest BCUT2D eigenvalue weighted by atomic mass is 10.1. The number of hydrogen-bond acceptors (Lipinski definition) is 4. The van der Waals surface area contributed by atoms with Gasteiger partial charge in [-0.2, -0.15) is 0 Å². The molecule has 0 aromatic heterocycles. The van der Waals surface area contributed by atoms with Gasteiger partial charge in [0.25, 0.3) is 0 Å². The van der Waals surface area contributed by atoms with Crippen molar-refractivity contribution in [3.05, 3.63) is 53.6 Å². The maximum atomic E-state index is 9.20. The van der Waals surface area contributed by atoms with Gasteiger partial charge in [0.15, 0.2) is 11.5 Å². The lowest BCUT2D eigenvalue weighted by molar-refractivity contribution is 0.123. The molecule has 20 heavy (non-hydrogen) atoms. The molecule has 0 unspecified atom stereocenters. The van der Waals surface area contributed by atoms with Crippen molar-refractivity contribution < 1.29 is 19.3 Å². The molecular formula is C16H16O4. The number of ether oxygens (including phenoxy) is 3. The highest BCUT2D eigenvalue weighted by molar-refractivity contribution is 5.44. The molecule has 4 heteroatoms. The summed E-state index contributed by atoms with van der Waals surface area (Å²) in [4.78, 5) is 0. The maximum Gasteiger partial charge on any atom is 0.231 e. The van der Waals surface area contributed by atoms with E-state index in [0.717, 1.165) is 29.0 Å². The molecule has 0 bridgehead atoms. The molecule has 0 spiro atoms. The van der Waals surface area contributed by atoms with Crippen molar-refractivity contribution in [3.8, 4) is 17.2 Å². The maximum absolute atomic E-state index is 9.20. The summed E-state index contributed by atoms with van der Waals surface area (Å²) in [7, 11) is 0. The summed E-state index contributed by atoms with van der Waals surface area (Å²) in [5, 5.41) is 9.20. The summed E-state index contributed by atoms with van der Waals surface area (Å²) in [6.45, 7) is 1.48. The van der Waals surface area contributed by atoms with Gasteiger partial charge >= 0.3 is 0 Å². The van der Waals surface area contributed by atoms with Crippen LogP contribution in [0.5, 0.6) is 17.2 Å². The largest absolute Gasteiger partial charge is 0.508 e. The van der Waals surface area contributed by atoms with Crippen LogP contribution in [0.1, 0.15) is 11.1 Å². The predicted molar refractivity (Wildman–Crippen MR) is 74.0 cm³/mol. The van der Waals surface area contributed by atoms with Gasteiger partial charge in [0, 0.05) is 0 Å². The molecule has 104 valence electrons. The first-order valence-electron chi connectivity index (χ1n) is 6.55. The van der Waals surface area contributed by atoms with Gasteiger partial charge < -0.3 is 19.3 Å². The van der Waals surface area contributed by atoms with E-state index in [9.17, 15) is 5.11 Å². The Morgan fingerprint density at radius 3 is 2.55 bits per heavy atom. The summed E-state index contributed by atoms with van der Waals surface area (Å²) in [6.07, 6.45) is 0.824. The Kier molecular flexibility index (Phi) is 3.74. The summed E-state index contributed by atoms with van der Waals surface area (Å²) in [6, 6.07) is 13.0. The summed E-state index contributed by atoms with van der Waals surface area (Å²) < 4.78 is 16.2. The SMILES string of the molecule is Oc1ccc(CCOCc2ccc3c(c2)OCO3)cc1. The lowest BCUT2D eigenvalue weighted by Crippen LogP contribution is -1.99. The van der Waals surface area contributed by atoms with Gasteiger partial charge in [0.2, 0.25) is 6.79 Å². The molecule has 1 aliphatic heterocycles. The molecule has 1 heterocycles. The molecule has 2 aromatic rings. The van der Waals surface area contributed by atoms with Gasteiger partial charge in [0.05, 0.1) is 13.2 Å². The van der Waals surface area contributed by atoms with Crippen LogP contribution < -0.4 is 9.47 Å². The minimum atomic E-state index is 0.287. The molecule has 3 rings (SSSR count). The quantitative estimate of drug-likeness (QED) is 0.850. The number of aromatic hydroxyl groups is 1. The van der Waals surface area contributed by atoms with Crippen molar-refractivity contribution in [1.82, 2.24) is 0 Å². The van der Waals surface area contributed by atoms with Gasteiger partial charge in [-0.05, 0) is 41.8 Å². The number of hydrogen-bond donors (Lipinski definition) is 1. The van der Waals surface area contributed by atoms with E-state index in [4.69, 9.17) is 14.2 Å². The Bertz CT molecular complexity index is 578. The predicted octanol–water partition coefficient (Wildman–Crippen LogP) is 2.88. The van der Waals surface area contributed by atoms with Crippen LogP contribution in [0.2, 0.25) is 0 Å². The first kappa shape index (κ1) is 12.8. The molecular weight excluding hydrogens is 256 g/mol. The Hall–Kier alpha value is -2.20. The van der Waals surface area contributed by atoms with E-state index in [1.165, 1.54) is 0 Å². The molecule has 0 saturated heterocycles. The van der Waals surface area contributed by atoms with Crippen molar-refractivity contribution in [2.45, 2.75) is 13.0 Å². The van der Waals surface area contributed by atoms with Crippen molar-refractivity contribution >= 4 is 0 Å². The zero-order valence-corrected chi connectivity index (χ0v) is 11.0. The van der Waals surface area contributed by atoms with Crippen molar-refractivity contribution in [2.75, 3.05) is 13.4 Å². The second-order valence-electron chi connectivity index (χ2n) is 4.66. The molecule has 0 fully saturated rings. The molecule has 0 saturated carbocycles. The van der Waals surface area contributed by atoms with Gasteiger partial charge in [-0.1, -0.05) is 18.2 Å². The number of fused-ring (bicyclic) bond motifs is 1. The third-order valence-electron chi connectivity index (χ3n) is 3.18. The summed E-state index contributed by atoms with van der Waals surface area (Å²) in [5.41, 5.74) is 2.22. The van der Waals surface area contributed by atoms with Crippen LogP contribution in [0.25, 0.3) is 0 Å². The molecule has 1 aliphatic rings. The Morgan fingerprint density at radius 1 is 0.950 bits per heavy atom. The second kappa shape index (κ2) is 5.84. The highest BCUT2D eigenvalue weighted by Gasteiger charge is 2.12. The van der Waals surface area contributed by atoms with Crippen LogP contribution in [0.4, 0.5) is 0 Å². The number of phenolic OH excluding ortho intramolecular Hbond substituents is 1. The molecule has 4 nitrogen and oxygen atoms in total. The van der Waals surface area contributed by atoms with Crippen LogP contribution in [0.15, 0.2) is 42.5 Å². The average molecular weight is 272 g/mol. The van der Waals surface area contributed by atoms with E-state index in [-0.39, 0.29) is 5.75 Å². The minimum absolute atomic E-state index is 0.287.